The van der Waals surface area contributed by atoms with Gasteiger partial charge in [0.05, 0.1) is 5.52 Å². The first-order valence-electron chi connectivity index (χ1n) is 9.71. The zero-order valence-corrected chi connectivity index (χ0v) is 16.6. The van der Waals surface area contributed by atoms with Crippen molar-refractivity contribution >= 4 is 23.0 Å². The zero-order valence-electron chi connectivity index (χ0n) is 16.6. The summed E-state index contributed by atoms with van der Waals surface area (Å²) in [6.07, 6.45) is 4.45. The van der Waals surface area contributed by atoms with E-state index < -0.39 is 0 Å². The highest BCUT2D eigenvalue weighted by molar-refractivity contribution is 6.06. The fourth-order valence-corrected chi connectivity index (χ4v) is 3.20. The number of hydrogen-bond acceptors (Lipinski definition) is 3. The number of benzene rings is 1. The Balaban J connectivity index is 1.95. The van der Waals surface area contributed by atoms with Crippen molar-refractivity contribution in [1.29, 1.82) is 0 Å². The molecule has 2 heterocycles. The minimum atomic E-state index is -0.335. The van der Waals surface area contributed by atoms with E-state index in [1.54, 1.807) is 16.7 Å². The molecule has 0 saturated heterocycles. The predicted octanol–water partition coefficient (Wildman–Crippen LogP) is 3.99. The summed E-state index contributed by atoms with van der Waals surface area (Å²) in [5.41, 5.74) is 3.74. The Bertz CT molecular complexity index is 1010. The van der Waals surface area contributed by atoms with Crippen molar-refractivity contribution in [3.05, 3.63) is 65.2 Å². The van der Waals surface area contributed by atoms with Gasteiger partial charge in [0.15, 0.2) is 5.69 Å². The number of carbonyl (C=O) groups is 2. The number of aryl methyl sites for hydroxylation is 2. The number of aromatic nitrogens is 2. The number of amides is 2. The van der Waals surface area contributed by atoms with Crippen LogP contribution in [0.25, 0.3) is 5.52 Å². The number of nitrogens with one attached hydrogen (secondary N) is 2. The van der Waals surface area contributed by atoms with Crippen LogP contribution in [-0.4, -0.2) is 27.7 Å². The number of rotatable bonds is 7. The quantitative estimate of drug-likeness (QED) is 0.611. The van der Waals surface area contributed by atoms with E-state index >= 15 is 0 Å². The topological polar surface area (TPSA) is 75.5 Å². The average molecular weight is 378 g/mol. The standard InChI is InChI=1S/C22H26N4O2/c1-4-6-13-23-21(27)19-17-12-7-8-14-26(17)20(24-19)22(28)25-18-15(3)10-9-11-16(18)5-2/h7-12,14H,4-6,13H2,1-3H3,(H,23,27)(H,25,28). The third-order valence-corrected chi connectivity index (χ3v) is 4.76. The lowest BCUT2D eigenvalue weighted by atomic mass is 10.1. The second kappa shape index (κ2) is 8.69. The summed E-state index contributed by atoms with van der Waals surface area (Å²) in [4.78, 5) is 30.0. The lowest BCUT2D eigenvalue weighted by Gasteiger charge is -2.12. The van der Waals surface area contributed by atoms with Crippen molar-refractivity contribution in [2.24, 2.45) is 0 Å². The Labute approximate surface area is 165 Å². The molecule has 1 aromatic carbocycles. The van der Waals surface area contributed by atoms with E-state index in [1.165, 1.54) is 0 Å². The second-order valence-electron chi connectivity index (χ2n) is 6.77. The van der Waals surface area contributed by atoms with Crippen LogP contribution in [0.1, 0.15) is 58.9 Å². The maximum Gasteiger partial charge on any atom is 0.292 e. The number of para-hydroxylation sites is 1. The molecule has 0 spiro atoms. The number of fused-ring (bicyclic) bond motifs is 1. The predicted molar refractivity (Wildman–Crippen MR) is 111 cm³/mol. The van der Waals surface area contributed by atoms with Crippen LogP contribution < -0.4 is 10.6 Å². The van der Waals surface area contributed by atoms with Crippen LogP contribution in [0.2, 0.25) is 0 Å². The van der Waals surface area contributed by atoms with Gasteiger partial charge in [-0.3, -0.25) is 14.0 Å². The molecule has 0 aliphatic heterocycles. The minimum absolute atomic E-state index is 0.196. The molecule has 2 aromatic heterocycles. The fraction of sp³-hybridized carbons (Fsp3) is 0.318. The van der Waals surface area contributed by atoms with E-state index in [2.05, 4.69) is 22.5 Å². The Kier molecular flexibility index (Phi) is 6.09. The fourth-order valence-electron chi connectivity index (χ4n) is 3.20. The number of imidazole rings is 1. The molecule has 6 nitrogen and oxygen atoms in total. The van der Waals surface area contributed by atoms with Crippen molar-refractivity contribution in [2.45, 2.75) is 40.0 Å². The van der Waals surface area contributed by atoms with Crippen LogP contribution in [0.4, 0.5) is 5.69 Å². The molecule has 146 valence electrons. The number of carbonyl (C=O) groups excluding carboxylic acids is 2. The molecule has 0 radical (unpaired) electrons. The summed E-state index contributed by atoms with van der Waals surface area (Å²) in [5.74, 6) is -0.402. The Morgan fingerprint density at radius 3 is 2.64 bits per heavy atom. The van der Waals surface area contributed by atoms with Crippen LogP contribution >= 0.6 is 0 Å². The first-order chi connectivity index (χ1) is 13.6. The van der Waals surface area contributed by atoms with E-state index in [-0.39, 0.29) is 23.3 Å². The van der Waals surface area contributed by atoms with Crippen molar-refractivity contribution in [3.8, 4) is 0 Å². The van der Waals surface area contributed by atoms with Crippen molar-refractivity contribution in [2.75, 3.05) is 11.9 Å². The molecular weight excluding hydrogens is 352 g/mol. The van der Waals surface area contributed by atoms with E-state index in [0.29, 0.717) is 12.1 Å². The molecule has 0 aliphatic carbocycles. The molecule has 0 unspecified atom stereocenters. The van der Waals surface area contributed by atoms with Gasteiger partial charge in [0.2, 0.25) is 5.82 Å². The van der Waals surface area contributed by atoms with Gasteiger partial charge in [-0.15, -0.1) is 0 Å². The molecule has 0 fully saturated rings. The van der Waals surface area contributed by atoms with Gasteiger partial charge in [0, 0.05) is 18.4 Å². The Morgan fingerprint density at radius 2 is 1.89 bits per heavy atom. The summed E-state index contributed by atoms with van der Waals surface area (Å²) in [6, 6.07) is 11.4. The van der Waals surface area contributed by atoms with Gasteiger partial charge >= 0.3 is 0 Å². The molecule has 6 heteroatoms. The van der Waals surface area contributed by atoms with Crippen LogP contribution in [0.15, 0.2) is 42.6 Å². The van der Waals surface area contributed by atoms with Crippen molar-refractivity contribution in [3.63, 3.8) is 0 Å². The summed E-state index contributed by atoms with van der Waals surface area (Å²) in [7, 11) is 0. The lowest BCUT2D eigenvalue weighted by Crippen LogP contribution is -2.25. The molecule has 2 amide bonds. The van der Waals surface area contributed by atoms with Crippen molar-refractivity contribution in [1.82, 2.24) is 14.7 Å². The molecular formula is C22H26N4O2. The Hall–Kier alpha value is -3.15. The van der Waals surface area contributed by atoms with Gasteiger partial charge in [-0.25, -0.2) is 4.98 Å². The zero-order chi connectivity index (χ0) is 20.1. The molecule has 2 N–H and O–H groups in total. The molecule has 0 aliphatic rings. The molecule has 3 rings (SSSR count). The van der Waals surface area contributed by atoms with E-state index in [1.807, 2.05) is 44.2 Å². The second-order valence-corrected chi connectivity index (χ2v) is 6.77. The van der Waals surface area contributed by atoms with Crippen LogP contribution in [0, 0.1) is 6.92 Å². The third kappa shape index (κ3) is 3.91. The number of unbranched alkanes of at least 4 members (excludes halogenated alkanes) is 1. The van der Waals surface area contributed by atoms with Gasteiger partial charge in [0.25, 0.3) is 11.8 Å². The van der Waals surface area contributed by atoms with Gasteiger partial charge < -0.3 is 10.6 Å². The van der Waals surface area contributed by atoms with Gasteiger partial charge in [0.1, 0.15) is 0 Å². The van der Waals surface area contributed by atoms with Crippen molar-refractivity contribution < 1.29 is 9.59 Å². The highest BCUT2D eigenvalue weighted by atomic mass is 16.2. The van der Waals surface area contributed by atoms with Gasteiger partial charge in [-0.1, -0.05) is 44.5 Å². The monoisotopic (exact) mass is 378 g/mol. The van der Waals surface area contributed by atoms with Gasteiger partial charge in [-0.2, -0.15) is 0 Å². The van der Waals surface area contributed by atoms with E-state index in [9.17, 15) is 9.59 Å². The van der Waals surface area contributed by atoms with E-state index in [0.717, 1.165) is 36.1 Å². The number of nitrogens with zero attached hydrogens (tertiary/aromatic N) is 2. The highest BCUT2D eigenvalue weighted by Crippen LogP contribution is 2.22. The van der Waals surface area contributed by atoms with E-state index in [4.69, 9.17) is 0 Å². The maximum atomic E-state index is 13.0. The number of hydrogen-bond donors (Lipinski definition) is 2. The first kappa shape index (κ1) is 19.6. The normalized spacial score (nSPS) is 10.8. The van der Waals surface area contributed by atoms with Gasteiger partial charge in [-0.05, 0) is 43.0 Å². The molecule has 0 bridgehead atoms. The molecule has 0 atom stereocenters. The molecule has 0 saturated carbocycles. The average Bonchev–Trinajstić information content (AvgIpc) is 3.09. The summed E-state index contributed by atoms with van der Waals surface area (Å²) < 4.78 is 1.66. The summed E-state index contributed by atoms with van der Waals surface area (Å²) in [5, 5.41) is 5.86. The maximum absolute atomic E-state index is 13.0. The molecule has 3 aromatic rings. The Morgan fingerprint density at radius 1 is 1.07 bits per heavy atom. The lowest BCUT2D eigenvalue weighted by molar-refractivity contribution is 0.0950. The highest BCUT2D eigenvalue weighted by Gasteiger charge is 2.22. The SMILES string of the molecule is CCCCNC(=O)c1nc(C(=O)Nc2c(C)cccc2CC)n2ccccc12. The summed E-state index contributed by atoms with van der Waals surface area (Å²) >= 11 is 0. The molecule has 28 heavy (non-hydrogen) atoms. The summed E-state index contributed by atoms with van der Waals surface area (Å²) in [6.45, 7) is 6.67. The first-order valence-corrected chi connectivity index (χ1v) is 9.71. The van der Waals surface area contributed by atoms with Crippen LogP contribution in [0.3, 0.4) is 0 Å². The largest absolute Gasteiger partial charge is 0.351 e. The number of pyridine rings is 1. The number of anilines is 1. The smallest absolute Gasteiger partial charge is 0.292 e. The van der Waals surface area contributed by atoms with Crippen LogP contribution in [0.5, 0.6) is 0 Å². The minimum Gasteiger partial charge on any atom is -0.351 e. The van der Waals surface area contributed by atoms with Crippen LogP contribution in [-0.2, 0) is 6.42 Å². The third-order valence-electron chi connectivity index (χ3n) is 4.76.